The minimum atomic E-state index is -0.457. The minimum absolute atomic E-state index is 0.0873. The van der Waals surface area contributed by atoms with Crippen molar-refractivity contribution in [2.75, 3.05) is 0 Å². The topological polar surface area (TPSA) is 29.1 Å². The number of rotatable bonds is 7. The second-order valence-corrected chi connectivity index (χ2v) is 5.21. The van der Waals surface area contributed by atoms with Crippen LogP contribution in [0.5, 0.6) is 0 Å². The largest absolute Gasteiger partial charge is 0.349 e. The van der Waals surface area contributed by atoms with Crippen LogP contribution < -0.4 is 5.32 Å². The second kappa shape index (κ2) is 7.93. The maximum atomic E-state index is 13.6. The third-order valence-electron chi connectivity index (χ3n) is 3.23. The van der Waals surface area contributed by atoms with E-state index < -0.39 is 5.82 Å². The number of halogens is 1. The van der Waals surface area contributed by atoms with E-state index in [4.69, 9.17) is 0 Å². The average molecular weight is 265 g/mol. The van der Waals surface area contributed by atoms with Gasteiger partial charge in [-0.25, -0.2) is 4.39 Å². The van der Waals surface area contributed by atoms with Gasteiger partial charge in [-0.2, -0.15) is 0 Å². The Morgan fingerprint density at radius 3 is 2.74 bits per heavy atom. The molecule has 19 heavy (non-hydrogen) atoms. The molecular formula is C16H24FNO. The van der Waals surface area contributed by atoms with Gasteiger partial charge in [0.15, 0.2) is 0 Å². The van der Waals surface area contributed by atoms with E-state index in [9.17, 15) is 9.18 Å². The van der Waals surface area contributed by atoms with Gasteiger partial charge < -0.3 is 5.32 Å². The highest BCUT2D eigenvalue weighted by Crippen LogP contribution is 2.11. The number of nitrogens with one attached hydrogen (secondary N) is 1. The lowest BCUT2D eigenvalue weighted by Gasteiger charge is -2.14. The van der Waals surface area contributed by atoms with E-state index in [0.717, 1.165) is 18.4 Å². The second-order valence-electron chi connectivity index (χ2n) is 5.21. The van der Waals surface area contributed by atoms with Gasteiger partial charge in [0.25, 0.3) is 5.91 Å². The summed E-state index contributed by atoms with van der Waals surface area (Å²) >= 11 is 0. The molecule has 1 aromatic carbocycles. The lowest BCUT2D eigenvalue weighted by molar-refractivity contribution is 0.0933. The number of unbranched alkanes of at least 4 members (excludes halogenated alkanes) is 3. The Kier molecular flexibility index (Phi) is 6.54. The van der Waals surface area contributed by atoms with Crippen LogP contribution in [0.25, 0.3) is 0 Å². The summed E-state index contributed by atoms with van der Waals surface area (Å²) in [5, 5.41) is 2.86. The van der Waals surface area contributed by atoms with Crippen LogP contribution in [0.2, 0.25) is 0 Å². The molecule has 1 amide bonds. The predicted molar refractivity (Wildman–Crippen MR) is 76.8 cm³/mol. The summed E-state index contributed by atoms with van der Waals surface area (Å²) in [6.07, 6.45) is 5.67. The van der Waals surface area contributed by atoms with E-state index in [0.29, 0.717) is 0 Å². The molecule has 1 atom stereocenters. The summed E-state index contributed by atoms with van der Waals surface area (Å²) in [7, 11) is 0. The molecule has 0 aliphatic carbocycles. The van der Waals surface area contributed by atoms with Crippen LogP contribution in [0, 0.1) is 12.7 Å². The molecule has 106 valence electrons. The highest BCUT2D eigenvalue weighted by molar-refractivity contribution is 5.94. The summed E-state index contributed by atoms with van der Waals surface area (Å²) in [5.74, 6) is -0.773. The van der Waals surface area contributed by atoms with Gasteiger partial charge in [-0.15, -0.1) is 0 Å². The fourth-order valence-corrected chi connectivity index (χ4v) is 2.06. The number of hydrogen-bond donors (Lipinski definition) is 1. The third-order valence-corrected chi connectivity index (χ3v) is 3.23. The SMILES string of the molecule is CCCCCCC(C)NC(=O)c1cc(C)ccc1F. The molecule has 1 unspecified atom stereocenters. The first-order valence-electron chi connectivity index (χ1n) is 7.11. The first-order chi connectivity index (χ1) is 9.04. The van der Waals surface area contributed by atoms with E-state index in [1.807, 2.05) is 13.8 Å². The highest BCUT2D eigenvalue weighted by Gasteiger charge is 2.13. The first-order valence-corrected chi connectivity index (χ1v) is 7.11. The molecule has 2 nitrogen and oxygen atoms in total. The van der Waals surface area contributed by atoms with Gasteiger partial charge in [0.2, 0.25) is 0 Å². The molecule has 0 radical (unpaired) electrons. The van der Waals surface area contributed by atoms with E-state index in [2.05, 4.69) is 12.2 Å². The number of aryl methyl sites for hydroxylation is 1. The van der Waals surface area contributed by atoms with Crippen molar-refractivity contribution in [3.05, 3.63) is 35.1 Å². The molecule has 0 aliphatic heterocycles. The number of carbonyl (C=O) groups is 1. The Labute approximate surface area is 115 Å². The van der Waals surface area contributed by atoms with Crippen molar-refractivity contribution in [1.82, 2.24) is 5.32 Å². The van der Waals surface area contributed by atoms with Crippen LogP contribution >= 0.6 is 0 Å². The molecular weight excluding hydrogens is 241 g/mol. The zero-order chi connectivity index (χ0) is 14.3. The quantitative estimate of drug-likeness (QED) is 0.735. The first kappa shape index (κ1) is 15.7. The van der Waals surface area contributed by atoms with Crippen molar-refractivity contribution in [2.24, 2.45) is 0 Å². The standard InChI is InChI=1S/C16H24FNO/c1-4-5-6-7-8-13(3)18-16(19)14-11-12(2)9-10-15(14)17/h9-11,13H,4-8H2,1-3H3,(H,18,19). The zero-order valence-corrected chi connectivity index (χ0v) is 12.1. The summed E-state index contributed by atoms with van der Waals surface area (Å²) in [5.41, 5.74) is 1.03. The van der Waals surface area contributed by atoms with Crippen molar-refractivity contribution >= 4 is 5.91 Å². The maximum absolute atomic E-state index is 13.6. The van der Waals surface area contributed by atoms with E-state index >= 15 is 0 Å². The van der Waals surface area contributed by atoms with Gasteiger partial charge in [0.05, 0.1) is 5.56 Å². The summed E-state index contributed by atoms with van der Waals surface area (Å²) in [6.45, 7) is 5.99. The van der Waals surface area contributed by atoms with E-state index in [1.54, 1.807) is 12.1 Å². The molecule has 1 aromatic rings. The van der Waals surface area contributed by atoms with Crippen molar-refractivity contribution in [2.45, 2.75) is 58.9 Å². The van der Waals surface area contributed by atoms with Crippen molar-refractivity contribution in [1.29, 1.82) is 0 Å². The van der Waals surface area contributed by atoms with Gasteiger partial charge in [0.1, 0.15) is 5.82 Å². The smallest absolute Gasteiger partial charge is 0.254 e. The molecule has 3 heteroatoms. The van der Waals surface area contributed by atoms with Gasteiger partial charge in [0, 0.05) is 6.04 Å². The Balaban J connectivity index is 2.47. The average Bonchev–Trinajstić information content (AvgIpc) is 2.37. The van der Waals surface area contributed by atoms with Crippen LogP contribution in [0.1, 0.15) is 61.9 Å². The van der Waals surface area contributed by atoms with Crippen LogP contribution in [-0.2, 0) is 0 Å². The Morgan fingerprint density at radius 2 is 2.05 bits per heavy atom. The molecule has 0 saturated carbocycles. The van der Waals surface area contributed by atoms with Crippen molar-refractivity contribution in [3.63, 3.8) is 0 Å². The lowest BCUT2D eigenvalue weighted by Crippen LogP contribution is -2.33. The number of hydrogen-bond acceptors (Lipinski definition) is 1. The fourth-order valence-electron chi connectivity index (χ4n) is 2.06. The van der Waals surface area contributed by atoms with Gasteiger partial charge >= 0.3 is 0 Å². The molecule has 1 N–H and O–H groups in total. The maximum Gasteiger partial charge on any atom is 0.254 e. The normalized spacial score (nSPS) is 12.2. The zero-order valence-electron chi connectivity index (χ0n) is 12.1. The van der Waals surface area contributed by atoms with Gasteiger partial charge in [-0.3, -0.25) is 4.79 Å². The Hall–Kier alpha value is -1.38. The number of amides is 1. The predicted octanol–water partition coefficient (Wildman–Crippen LogP) is 4.22. The van der Waals surface area contributed by atoms with Crippen LogP contribution in [0.4, 0.5) is 4.39 Å². The Morgan fingerprint density at radius 1 is 1.32 bits per heavy atom. The molecule has 0 aliphatic rings. The summed E-state index contributed by atoms with van der Waals surface area (Å²) < 4.78 is 13.6. The third kappa shape index (κ3) is 5.41. The molecule has 1 rings (SSSR count). The Bertz CT molecular complexity index is 417. The molecule has 0 aromatic heterocycles. The van der Waals surface area contributed by atoms with Crippen molar-refractivity contribution in [3.8, 4) is 0 Å². The molecule has 0 saturated heterocycles. The molecule has 0 spiro atoms. The number of carbonyl (C=O) groups excluding carboxylic acids is 1. The lowest BCUT2D eigenvalue weighted by atomic mass is 10.1. The van der Waals surface area contributed by atoms with Crippen LogP contribution in [0.15, 0.2) is 18.2 Å². The minimum Gasteiger partial charge on any atom is -0.349 e. The van der Waals surface area contributed by atoms with E-state index in [1.165, 1.54) is 25.3 Å². The summed E-state index contributed by atoms with van der Waals surface area (Å²) in [4.78, 5) is 12.0. The van der Waals surface area contributed by atoms with Crippen LogP contribution in [-0.4, -0.2) is 11.9 Å². The van der Waals surface area contributed by atoms with Crippen molar-refractivity contribution < 1.29 is 9.18 Å². The van der Waals surface area contributed by atoms with Crippen LogP contribution in [0.3, 0.4) is 0 Å². The monoisotopic (exact) mass is 265 g/mol. The van der Waals surface area contributed by atoms with E-state index in [-0.39, 0.29) is 17.5 Å². The molecule has 0 fully saturated rings. The summed E-state index contributed by atoms with van der Waals surface area (Å²) in [6, 6.07) is 4.69. The fraction of sp³-hybridized carbons (Fsp3) is 0.562. The number of benzene rings is 1. The molecule has 0 heterocycles. The van der Waals surface area contributed by atoms with Gasteiger partial charge in [-0.05, 0) is 32.4 Å². The highest BCUT2D eigenvalue weighted by atomic mass is 19.1. The van der Waals surface area contributed by atoms with Gasteiger partial charge in [-0.1, -0.05) is 44.2 Å². The molecule has 0 bridgehead atoms.